The van der Waals surface area contributed by atoms with Crippen LogP contribution in [0, 0.1) is 0 Å². The van der Waals surface area contributed by atoms with Gasteiger partial charge in [-0.3, -0.25) is 19.3 Å². The van der Waals surface area contributed by atoms with Gasteiger partial charge in [0.05, 0.1) is 5.52 Å². The second-order valence-corrected chi connectivity index (χ2v) is 4.75. The van der Waals surface area contributed by atoms with Crippen LogP contribution in [0.5, 0.6) is 0 Å². The second-order valence-electron chi connectivity index (χ2n) is 4.75. The Hall–Kier alpha value is -3.16. The summed E-state index contributed by atoms with van der Waals surface area (Å²) >= 11 is 0. The minimum absolute atomic E-state index is 0.0580. The molecule has 3 N–H and O–H groups in total. The maximum absolute atomic E-state index is 11.5. The third-order valence-electron chi connectivity index (χ3n) is 3.28. The van der Waals surface area contributed by atoms with Crippen LogP contribution in [0.15, 0.2) is 35.5 Å². The largest absolute Gasteiger partial charge is 0.480 e. The number of nitrogens with two attached hydrogens (primary N) is 1. The molecule has 8 nitrogen and oxygen atoms in total. The number of hydrogen-bond donors (Lipinski definition) is 2. The Morgan fingerprint density at radius 1 is 1.36 bits per heavy atom. The lowest BCUT2D eigenvalue weighted by Gasteiger charge is -2.20. The molecule has 2 aromatic rings. The smallest absolute Gasteiger partial charge is 0.325 e. The van der Waals surface area contributed by atoms with Crippen molar-refractivity contribution in [3.63, 3.8) is 0 Å². The average molecular weight is 299 g/mol. The first-order valence-electron chi connectivity index (χ1n) is 6.51. The van der Waals surface area contributed by atoms with E-state index in [2.05, 4.69) is 10.1 Å². The number of fused-ring (bicyclic) bond motifs is 1. The number of nitrogens with zero attached hydrogens (tertiary/aromatic N) is 4. The number of amides is 1. The van der Waals surface area contributed by atoms with Crippen LogP contribution in [0.1, 0.15) is 10.5 Å². The number of anilines is 1. The predicted octanol–water partition coefficient (Wildman–Crippen LogP) is 0.582. The Kier molecular flexibility index (Phi) is 3.34. The molecule has 112 valence electrons. The first-order valence-corrected chi connectivity index (χ1v) is 6.51. The van der Waals surface area contributed by atoms with Crippen molar-refractivity contribution in [2.24, 2.45) is 10.7 Å². The van der Waals surface area contributed by atoms with Crippen molar-refractivity contribution < 1.29 is 14.7 Å². The number of aliphatic imine (C=N–C) groups is 1. The molecule has 0 radical (unpaired) electrons. The van der Waals surface area contributed by atoms with Crippen molar-refractivity contribution in [3.8, 4) is 0 Å². The fraction of sp³-hybridized carbons (Fsp3) is 0.143. The summed E-state index contributed by atoms with van der Waals surface area (Å²) in [6.45, 7) is 0.133. The molecule has 0 fully saturated rings. The normalized spacial score (nSPS) is 13.7. The van der Waals surface area contributed by atoms with Gasteiger partial charge in [-0.2, -0.15) is 5.10 Å². The third kappa shape index (κ3) is 2.41. The van der Waals surface area contributed by atoms with Crippen molar-refractivity contribution in [2.45, 2.75) is 6.54 Å². The molecule has 0 saturated carbocycles. The molecular formula is C14H13N5O3. The highest BCUT2D eigenvalue weighted by Gasteiger charge is 2.17. The van der Waals surface area contributed by atoms with Crippen molar-refractivity contribution in [1.29, 1.82) is 0 Å². The van der Waals surface area contributed by atoms with E-state index in [-0.39, 0.29) is 12.2 Å². The van der Waals surface area contributed by atoms with Crippen molar-refractivity contribution in [1.82, 2.24) is 9.78 Å². The summed E-state index contributed by atoms with van der Waals surface area (Å²) in [6, 6.07) is 5.30. The lowest BCUT2D eigenvalue weighted by atomic mass is 10.1. The number of carboxylic acid groups (broad SMARTS) is 1. The number of primary amides is 1. The van der Waals surface area contributed by atoms with Gasteiger partial charge in [0.15, 0.2) is 5.69 Å². The van der Waals surface area contributed by atoms with E-state index in [1.165, 1.54) is 4.68 Å². The van der Waals surface area contributed by atoms with Gasteiger partial charge in [-0.15, -0.1) is 0 Å². The van der Waals surface area contributed by atoms with Crippen LogP contribution in [-0.2, 0) is 11.3 Å². The molecule has 8 heteroatoms. The molecule has 1 aromatic heterocycles. The number of carbonyl (C=O) groups is 2. The van der Waals surface area contributed by atoms with Crippen LogP contribution >= 0.6 is 0 Å². The zero-order valence-electron chi connectivity index (χ0n) is 11.5. The molecular weight excluding hydrogens is 286 g/mol. The fourth-order valence-corrected chi connectivity index (χ4v) is 2.33. The zero-order chi connectivity index (χ0) is 15.7. The Bertz CT molecular complexity index is 821. The molecule has 0 saturated heterocycles. The van der Waals surface area contributed by atoms with E-state index in [4.69, 9.17) is 10.8 Å². The van der Waals surface area contributed by atoms with Crippen LogP contribution in [0.25, 0.3) is 10.9 Å². The summed E-state index contributed by atoms with van der Waals surface area (Å²) in [4.78, 5) is 28.5. The number of carbonyl (C=O) groups excluding carboxylic acids is 1. The number of allylic oxidation sites excluding steroid dienone is 1. The fourth-order valence-electron chi connectivity index (χ4n) is 2.33. The quantitative estimate of drug-likeness (QED) is 0.857. The Balaban J connectivity index is 2.11. The standard InChI is InChI=1S/C14H13N5O3/c15-14(22)13-10-6-9(18-5-1-4-16-8-18)2-3-11(10)19(17-13)7-12(20)21/h1-6H,7-8H2,(H2,15,22)(H,20,21). The molecule has 3 rings (SSSR count). The number of benzene rings is 1. The van der Waals surface area contributed by atoms with E-state index in [9.17, 15) is 9.59 Å². The maximum atomic E-state index is 11.5. The average Bonchev–Trinajstić information content (AvgIpc) is 2.86. The summed E-state index contributed by atoms with van der Waals surface area (Å²) in [5.74, 6) is -1.74. The molecule has 0 unspecified atom stereocenters. The highest BCUT2D eigenvalue weighted by atomic mass is 16.4. The first kappa shape index (κ1) is 13.8. The molecule has 1 aliphatic heterocycles. The van der Waals surface area contributed by atoms with Gasteiger partial charge in [0.1, 0.15) is 13.2 Å². The van der Waals surface area contributed by atoms with Crippen LogP contribution in [0.4, 0.5) is 5.69 Å². The van der Waals surface area contributed by atoms with Crippen LogP contribution in [-0.4, -0.2) is 39.6 Å². The van der Waals surface area contributed by atoms with E-state index in [1.807, 2.05) is 17.2 Å². The molecule has 1 aromatic carbocycles. The molecule has 0 spiro atoms. The van der Waals surface area contributed by atoms with Gasteiger partial charge < -0.3 is 15.7 Å². The van der Waals surface area contributed by atoms with Gasteiger partial charge in [0.2, 0.25) is 0 Å². The maximum Gasteiger partial charge on any atom is 0.325 e. The van der Waals surface area contributed by atoms with Gasteiger partial charge in [0, 0.05) is 23.5 Å². The highest BCUT2D eigenvalue weighted by Crippen LogP contribution is 2.25. The van der Waals surface area contributed by atoms with Crippen molar-refractivity contribution >= 4 is 34.7 Å². The van der Waals surface area contributed by atoms with E-state index in [0.29, 0.717) is 17.6 Å². The van der Waals surface area contributed by atoms with E-state index in [0.717, 1.165) is 5.69 Å². The number of hydrogen-bond acceptors (Lipinski definition) is 5. The highest BCUT2D eigenvalue weighted by molar-refractivity contribution is 6.05. The van der Waals surface area contributed by atoms with Crippen LogP contribution < -0.4 is 10.6 Å². The zero-order valence-corrected chi connectivity index (χ0v) is 11.5. The van der Waals surface area contributed by atoms with E-state index < -0.39 is 11.9 Å². The molecule has 0 atom stereocenters. The van der Waals surface area contributed by atoms with Crippen LogP contribution in [0.3, 0.4) is 0 Å². The molecule has 0 aliphatic carbocycles. The van der Waals surface area contributed by atoms with Crippen LogP contribution in [0.2, 0.25) is 0 Å². The van der Waals surface area contributed by atoms with Gasteiger partial charge in [-0.25, -0.2) is 0 Å². The minimum atomic E-state index is -1.04. The second kappa shape index (κ2) is 5.32. The molecule has 2 heterocycles. The summed E-state index contributed by atoms with van der Waals surface area (Å²) < 4.78 is 1.26. The minimum Gasteiger partial charge on any atom is -0.480 e. The van der Waals surface area contributed by atoms with Gasteiger partial charge in [-0.1, -0.05) is 0 Å². The summed E-state index contributed by atoms with van der Waals surface area (Å²) in [6.07, 6.45) is 5.37. The molecule has 1 aliphatic rings. The van der Waals surface area contributed by atoms with E-state index in [1.54, 1.807) is 24.4 Å². The monoisotopic (exact) mass is 299 g/mol. The summed E-state index contributed by atoms with van der Waals surface area (Å²) in [7, 11) is 0. The van der Waals surface area contributed by atoms with Crippen molar-refractivity contribution in [3.05, 3.63) is 36.2 Å². The SMILES string of the molecule is NC(=O)c1nn(CC(=O)O)c2ccc(N3C=CC=NC3)cc12. The lowest BCUT2D eigenvalue weighted by molar-refractivity contribution is -0.137. The summed E-state index contributed by atoms with van der Waals surface area (Å²) in [5.41, 5.74) is 6.76. The Morgan fingerprint density at radius 3 is 2.82 bits per heavy atom. The first-order chi connectivity index (χ1) is 10.6. The van der Waals surface area contributed by atoms with Gasteiger partial charge in [-0.05, 0) is 24.3 Å². The molecule has 1 amide bonds. The van der Waals surface area contributed by atoms with E-state index >= 15 is 0 Å². The van der Waals surface area contributed by atoms with Gasteiger partial charge >= 0.3 is 5.97 Å². The number of carboxylic acids is 1. The number of aliphatic carboxylic acids is 1. The summed E-state index contributed by atoms with van der Waals surface area (Å²) in [5, 5.41) is 13.5. The van der Waals surface area contributed by atoms with Gasteiger partial charge in [0.25, 0.3) is 5.91 Å². The molecule has 22 heavy (non-hydrogen) atoms. The lowest BCUT2D eigenvalue weighted by Crippen LogP contribution is -2.18. The Labute approximate surface area is 125 Å². The predicted molar refractivity (Wildman–Crippen MR) is 80.9 cm³/mol. The van der Waals surface area contributed by atoms with Crippen molar-refractivity contribution in [2.75, 3.05) is 11.6 Å². The number of rotatable bonds is 4. The Morgan fingerprint density at radius 2 is 2.18 bits per heavy atom. The molecule has 0 bridgehead atoms. The number of aromatic nitrogens is 2. The third-order valence-corrected chi connectivity index (χ3v) is 3.28. The topological polar surface area (TPSA) is 114 Å².